The normalized spacial score (nSPS) is 10.5. The number of rotatable bonds is 4. The third-order valence-electron chi connectivity index (χ3n) is 2.81. The van der Waals surface area contributed by atoms with Crippen LogP contribution in [0, 0.1) is 10.1 Å². The number of nitro groups is 1. The van der Waals surface area contributed by atoms with Gasteiger partial charge in [0.2, 0.25) is 11.8 Å². The summed E-state index contributed by atoms with van der Waals surface area (Å²) >= 11 is 1.63. The highest BCUT2D eigenvalue weighted by molar-refractivity contribution is 7.17. The fourth-order valence-electron chi connectivity index (χ4n) is 1.85. The molecule has 0 unspecified atom stereocenters. The van der Waals surface area contributed by atoms with E-state index in [4.69, 9.17) is 5.84 Å². The Bertz CT molecular complexity index is 818. The van der Waals surface area contributed by atoms with Crippen LogP contribution in [0.5, 0.6) is 0 Å². The molecule has 3 rings (SSSR count). The van der Waals surface area contributed by atoms with Crippen molar-refractivity contribution in [3.05, 3.63) is 46.0 Å². The van der Waals surface area contributed by atoms with E-state index in [1.54, 1.807) is 11.3 Å². The van der Waals surface area contributed by atoms with Crippen molar-refractivity contribution in [2.45, 2.75) is 0 Å². The highest BCUT2D eigenvalue weighted by Gasteiger charge is 2.17. The minimum atomic E-state index is -0.550. The zero-order valence-corrected chi connectivity index (χ0v) is 11.4. The number of hydrogen-bond acceptors (Lipinski definition) is 8. The lowest BCUT2D eigenvalue weighted by atomic mass is 10.2. The van der Waals surface area contributed by atoms with Crippen LogP contribution in [0.1, 0.15) is 0 Å². The molecule has 1 aromatic carbocycles. The van der Waals surface area contributed by atoms with Crippen LogP contribution in [0.25, 0.3) is 10.1 Å². The summed E-state index contributed by atoms with van der Waals surface area (Å²) in [6, 6.07) is 7.65. The van der Waals surface area contributed by atoms with E-state index in [0.717, 1.165) is 16.3 Å². The summed E-state index contributed by atoms with van der Waals surface area (Å²) < 4.78 is 1.14. The fourth-order valence-corrected chi connectivity index (χ4v) is 2.62. The highest BCUT2D eigenvalue weighted by atomic mass is 32.1. The second-order valence-corrected chi connectivity index (χ2v) is 5.07. The van der Waals surface area contributed by atoms with E-state index < -0.39 is 4.92 Å². The number of nitrogens with zero attached hydrogens (tertiary/aromatic N) is 3. The van der Waals surface area contributed by atoms with Gasteiger partial charge in [0.25, 0.3) is 0 Å². The molecule has 0 aliphatic rings. The second-order valence-electron chi connectivity index (χ2n) is 4.13. The first-order chi connectivity index (χ1) is 10.2. The number of benzene rings is 1. The molecule has 2 heterocycles. The maximum absolute atomic E-state index is 11.0. The van der Waals surface area contributed by atoms with Crippen LogP contribution in [-0.2, 0) is 0 Å². The molecule has 0 atom stereocenters. The van der Waals surface area contributed by atoms with Gasteiger partial charge in [0.15, 0.2) is 0 Å². The topological polar surface area (TPSA) is 119 Å². The Balaban J connectivity index is 2.00. The van der Waals surface area contributed by atoms with Gasteiger partial charge in [-0.25, -0.2) is 10.8 Å². The Labute approximate surface area is 122 Å². The van der Waals surface area contributed by atoms with Crippen LogP contribution in [0.2, 0.25) is 0 Å². The van der Waals surface area contributed by atoms with E-state index in [0.29, 0.717) is 5.69 Å². The first-order valence-corrected chi connectivity index (χ1v) is 6.77. The molecule has 0 amide bonds. The molecule has 0 aliphatic carbocycles. The molecule has 0 saturated heterocycles. The van der Waals surface area contributed by atoms with Crippen LogP contribution >= 0.6 is 11.3 Å². The maximum Gasteiger partial charge on any atom is 0.329 e. The quantitative estimate of drug-likeness (QED) is 0.385. The zero-order chi connectivity index (χ0) is 14.8. The molecule has 0 saturated carbocycles. The third-order valence-corrected chi connectivity index (χ3v) is 3.71. The average Bonchev–Trinajstić information content (AvgIpc) is 2.94. The van der Waals surface area contributed by atoms with Gasteiger partial charge >= 0.3 is 5.69 Å². The number of hydrogen-bond donors (Lipinski definition) is 3. The van der Waals surface area contributed by atoms with Crippen LogP contribution in [-0.4, -0.2) is 14.9 Å². The van der Waals surface area contributed by atoms with E-state index in [9.17, 15) is 10.1 Å². The molecule has 3 aromatic rings. The van der Waals surface area contributed by atoms with Gasteiger partial charge in [0, 0.05) is 10.4 Å². The number of aromatic nitrogens is 2. The summed E-state index contributed by atoms with van der Waals surface area (Å²) in [4.78, 5) is 18.2. The van der Waals surface area contributed by atoms with Crippen LogP contribution in [0.15, 0.2) is 35.8 Å². The molecule has 0 fully saturated rings. The number of nitrogen functional groups attached to an aromatic ring is 1. The lowest BCUT2D eigenvalue weighted by Crippen LogP contribution is -2.12. The lowest BCUT2D eigenvalue weighted by molar-refractivity contribution is -0.384. The number of anilines is 3. The molecular weight excluding hydrogens is 292 g/mol. The predicted molar refractivity (Wildman–Crippen MR) is 81.6 cm³/mol. The van der Waals surface area contributed by atoms with Gasteiger partial charge in [-0.05, 0) is 35.0 Å². The smallest absolute Gasteiger partial charge is 0.329 e. The Morgan fingerprint density at radius 3 is 2.95 bits per heavy atom. The first kappa shape index (κ1) is 13.2. The molecule has 106 valence electrons. The largest absolute Gasteiger partial charge is 0.334 e. The van der Waals surface area contributed by atoms with Crippen LogP contribution < -0.4 is 16.6 Å². The van der Waals surface area contributed by atoms with E-state index in [-0.39, 0.29) is 17.5 Å². The molecule has 0 bridgehead atoms. The Morgan fingerprint density at radius 2 is 2.19 bits per heavy atom. The van der Waals surface area contributed by atoms with Crippen molar-refractivity contribution in [2.24, 2.45) is 5.84 Å². The summed E-state index contributed by atoms with van der Waals surface area (Å²) in [6.07, 6.45) is 1.10. The maximum atomic E-state index is 11.0. The van der Waals surface area contributed by atoms with Gasteiger partial charge in [-0.1, -0.05) is 0 Å². The summed E-state index contributed by atoms with van der Waals surface area (Å²) in [7, 11) is 0. The van der Waals surface area contributed by atoms with E-state index in [2.05, 4.69) is 20.7 Å². The number of fused-ring (bicyclic) bond motifs is 1. The molecule has 0 spiro atoms. The zero-order valence-electron chi connectivity index (χ0n) is 10.6. The van der Waals surface area contributed by atoms with Gasteiger partial charge in [-0.2, -0.15) is 4.98 Å². The van der Waals surface area contributed by atoms with E-state index in [1.807, 2.05) is 29.6 Å². The van der Waals surface area contributed by atoms with Crippen LogP contribution in [0.3, 0.4) is 0 Å². The standard InChI is InChI=1S/C12H10N6O2S/c13-17-12-14-6-9(18(19)20)11(16-12)15-8-1-2-10-7(5-8)3-4-21-10/h1-6H,13H2,(H2,14,15,16,17). The number of nitrogens with two attached hydrogens (primary N) is 1. The van der Waals surface area contributed by atoms with Crippen molar-refractivity contribution in [1.82, 2.24) is 9.97 Å². The summed E-state index contributed by atoms with van der Waals surface area (Å²) in [5.41, 5.74) is 2.74. The van der Waals surface area contributed by atoms with Crippen molar-refractivity contribution < 1.29 is 4.92 Å². The highest BCUT2D eigenvalue weighted by Crippen LogP contribution is 2.29. The van der Waals surface area contributed by atoms with Crippen molar-refractivity contribution in [3.8, 4) is 0 Å². The molecular formula is C12H10N6O2S. The van der Waals surface area contributed by atoms with E-state index >= 15 is 0 Å². The molecule has 8 nitrogen and oxygen atoms in total. The monoisotopic (exact) mass is 302 g/mol. The minimum Gasteiger partial charge on any atom is -0.334 e. The van der Waals surface area contributed by atoms with Crippen molar-refractivity contribution in [2.75, 3.05) is 10.7 Å². The number of nitrogens with one attached hydrogen (secondary N) is 2. The Hall–Kier alpha value is -2.78. The Morgan fingerprint density at radius 1 is 1.33 bits per heavy atom. The fraction of sp³-hybridized carbons (Fsp3) is 0. The number of hydrazine groups is 1. The van der Waals surface area contributed by atoms with Gasteiger partial charge in [-0.15, -0.1) is 11.3 Å². The SMILES string of the molecule is NNc1ncc([N+](=O)[O-])c(Nc2ccc3sccc3c2)n1. The molecule has 4 N–H and O–H groups in total. The van der Waals surface area contributed by atoms with Crippen molar-refractivity contribution in [3.63, 3.8) is 0 Å². The number of thiophene rings is 1. The van der Waals surface area contributed by atoms with Crippen molar-refractivity contribution >= 4 is 44.6 Å². The van der Waals surface area contributed by atoms with E-state index in [1.165, 1.54) is 0 Å². The molecule has 2 aromatic heterocycles. The summed E-state index contributed by atoms with van der Waals surface area (Å²) in [5, 5.41) is 17.0. The van der Waals surface area contributed by atoms with Gasteiger partial charge in [-0.3, -0.25) is 15.5 Å². The molecule has 21 heavy (non-hydrogen) atoms. The van der Waals surface area contributed by atoms with Crippen LogP contribution in [0.4, 0.5) is 23.1 Å². The van der Waals surface area contributed by atoms with Crippen molar-refractivity contribution in [1.29, 1.82) is 0 Å². The third kappa shape index (κ3) is 2.59. The Kier molecular flexibility index (Phi) is 3.34. The minimum absolute atomic E-state index is 0.0810. The van der Waals surface area contributed by atoms with Gasteiger partial charge < -0.3 is 5.32 Å². The van der Waals surface area contributed by atoms with Gasteiger partial charge in [0.05, 0.1) is 4.92 Å². The lowest BCUT2D eigenvalue weighted by Gasteiger charge is -2.07. The average molecular weight is 302 g/mol. The molecule has 0 radical (unpaired) electrons. The molecule has 0 aliphatic heterocycles. The predicted octanol–water partition coefficient (Wildman–Crippen LogP) is 2.63. The summed E-state index contributed by atoms with van der Waals surface area (Å²) in [6.45, 7) is 0. The summed E-state index contributed by atoms with van der Waals surface area (Å²) in [5.74, 6) is 5.41. The first-order valence-electron chi connectivity index (χ1n) is 5.89. The molecule has 9 heteroatoms. The second kappa shape index (κ2) is 5.31. The van der Waals surface area contributed by atoms with Gasteiger partial charge in [0.1, 0.15) is 6.20 Å².